The zero-order valence-electron chi connectivity index (χ0n) is 6.73. The lowest BCUT2D eigenvalue weighted by Crippen LogP contribution is -1.95. The molecule has 72 valence electrons. The predicted molar refractivity (Wildman–Crippen MR) is 48.9 cm³/mol. The van der Waals surface area contributed by atoms with Crippen LogP contribution < -0.4 is 0 Å². The summed E-state index contributed by atoms with van der Waals surface area (Å²) in [6.45, 7) is 0. The molecule has 2 aromatic rings. The van der Waals surface area contributed by atoms with E-state index in [0.717, 1.165) is 6.20 Å². The van der Waals surface area contributed by atoms with Crippen molar-refractivity contribution in [1.29, 1.82) is 0 Å². The monoisotopic (exact) mass is 257 g/mol. The van der Waals surface area contributed by atoms with Gasteiger partial charge in [0.1, 0.15) is 5.56 Å². The third-order valence-electron chi connectivity index (χ3n) is 1.60. The minimum Gasteiger partial charge on any atom is -0.477 e. The Kier molecular flexibility index (Phi) is 2.12. The zero-order valence-corrected chi connectivity index (χ0v) is 8.32. The summed E-state index contributed by atoms with van der Waals surface area (Å²) in [6.07, 6.45) is 1.13. The molecule has 0 aliphatic heterocycles. The van der Waals surface area contributed by atoms with Crippen LogP contribution in [0.5, 0.6) is 0 Å². The predicted octanol–water partition coefficient (Wildman–Crippen LogP) is 2.40. The number of aromatic nitrogens is 1. The molecule has 0 saturated heterocycles. The van der Waals surface area contributed by atoms with E-state index in [-0.39, 0.29) is 11.3 Å². The van der Waals surface area contributed by atoms with Crippen molar-refractivity contribution >= 4 is 21.9 Å². The van der Waals surface area contributed by atoms with Gasteiger partial charge in [0.25, 0.3) is 0 Å². The number of nitrogens with zero attached hydrogens (tertiary/aromatic N) is 1. The maximum atomic E-state index is 10.7. The number of halogens is 1. The van der Waals surface area contributed by atoms with E-state index in [1.54, 1.807) is 12.1 Å². The van der Waals surface area contributed by atoms with Crippen LogP contribution in [0.15, 0.2) is 31.9 Å². The minimum atomic E-state index is -1.10. The summed E-state index contributed by atoms with van der Waals surface area (Å²) in [6, 6.07) is 3.24. The van der Waals surface area contributed by atoms with Crippen LogP contribution in [-0.4, -0.2) is 16.2 Å². The quantitative estimate of drug-likeness (QED) is 0.894. The van der Waals surface area contributed by atoms with Crippen LogP contribution in [0.2, 0.25) is 0 Å². The van der Waals surface area contributed by atoms with Crippen LogP contribution in [0, 0.1) is 0 Å². The lowest BCUT2D eigenvalue weighted by molar-refractivity contribution is 0.0697. The van der Waals surface area contributed by atoms with Crippen molar-refractivity contribution in [3.63, 3.8) is 0 Å². The van der Waals surface area contributed by atoms with Crippen molar-refractivity contribution < 1.29 is 18.8 Å². The van der Waals surface area contributed by atoms with Gasteiger partial charge in [-0.05, 0) is 28.1 Å². The summed E-state index contributed by atoms with van der Waals surface area (Å²) in [5.74, 6) is -0.663. The number of aromatic carboxylic acids is 1. The highest BCUT2D eigenvalue weighted by atomic mass is 79.9. The second kappa shape index (κ2) is 3.30. The van der Waals surface area contributed by atoms with E-state index in [4.69, 9.17) is 14.0 Å². The van der Waals surface area contributed by atoms with Crippen LogP contribution in [0.1, 0.15) is 10.4 Å². The number of carbonyl (C=O) groups is 1. The smallest absolute Gasteiger partial charge is 0.341 e. The molecule has 2 rings (SSSR count). The third kappa shape index (κ3) is 1.44. The first kappa shape index (κ1) is 9.01. The molecule has 2 heterocycles. The van der Waals surface area contributed by atoms with Crippen molar-refractivity contribution in [2.45, 2.75) is 0 Å². The maximum Gasteiger partial charge on any atom is 0.341 e. The summed E-state index contributed by atoms with van der Waals surface area (Å²) in [5, 5.41) is 12.2. The fourth-order valence-corrected chi connectivity index (χ4v) is 1.31. The zero-order chi connectivity index (χ0) is 10.1. The van der Waals surface area contributed by atoms with E-state index in [1.807, 2.05) is 0 Å². The minimum absolute atomic E-state index is 0.0214. The van der Waals surface area contributed by atoms with Gasteiger partial charge in [-0.15, -0.1) is 0 Å². The highest BCUT2D eigenvalue weighted by Crippen LogP contribution is 2.27. The Labute approximate surface area is 86.4 Å². The molecule has 0 spiro atoms. The average Bonchev–Trinajstić information content (AvgIpc) is 2.70. The molecule has 0 radical (unpaired) electrons. The van der Waals surface area contributed by atoms with Crippen LogP contribution in [-0.2, 0) is 0 Å². The topological polar surface area (TPSA) is 76.5 Å². The van der Waals surface area contributed by atoms with Gasteiger partial charge >= 0.3 is 5.97 Å². The molecule has 0 bridgehead atoms. The number of hydrogen-bond acceptors (Lipinski definition) is 4. The summed E-state index contributed by atoms with van der Waals surface area (Å²) in [7, 11) is 0. The number of furan rings is 1. The Morgan fingerprint density at radius 3 is 2.86 bits per heavy atom. The van der Waals surface area contributed by atoms with Gasteiger partial charge in [-0.25, -0.2) is 4.79 Å². The molecule has 6 heteroatoms. The maximum absolute atomic E-state index is 10.7. The lowest BCUT2D eigenvalue weighted by Gasteiger charge is -1.90. The number of carboxylic acids is 1. The molecule has 1 N–H and O–H groups in total. The molecular formula is C8H4BrNO4. The van der Waals surface area contributed by atoms with Crippen LogP contribution in [0.3, 0.4) is 0 Å². The summed E-state index contributed by atoms with van der Waals surface area (Å²) in [4.78, 5) is 10.7. The Balaban J connectivity index is 2.51. The SMILES string of the molecule is O=C(O)c1cnoc1-c1ccc(Br)o1. The average molecular weight is 258 g/mol. The summed E-state index contributed by atoms with van der Waals surface area (Å²) >= 11 is 3.10. The first-order valence-electron chi connectivity index (χ1n) is 3.62. The molecule has 0 saturated carbocycles. The van der Waals surface area contributed by atoms with E-state index in [2.05, 4.69) is 21.1 Å². The summed E-state index contributed by atoms with van der Waals surface area (Å²) in [5.41, 5.74) is -0.0214. The van der Waals surface area contributed by atoms with Crippen molar-refractivity contribution in [1.82, 2.24) is 5.16 Å². The Bertz CT molecular complexity index is 473. The Morgan fingerprint density at radius 1 is 1.50 bits per heavy atom. The molecule has 0 aromatic carbocycles. The van der Waals surface area contributed by atoms with Crippen molar-refractivity contribution in [3.05, 3.63) is 28.6 Å². The largest absolute Gasteiger partial charge is 0.477 e. The second-order valence-electron chi connectivity index (χ2n) is 2.48. The van der Waals surface area contributed by atoms with Gasteiger partial charge in [0, 0.05) is 0 Å². The molecule has 2 aromatic heterocycles. The van der Waals surface area contributed by atoms with Crippen LogP contribution in [0.25, 0.3) is 11.5 Å². The molecule has 14 heavy (non-hydrogen) atoms. The van der Waals surface area contributed by atoms with Crippen LogP contribution in [0.4, 0.5) is 0 Å². The van der Waals surface area contributed by atoms with Gasteiger partial charge < -0.3 is 14.0 Å². The number of hydrogen-bond donors (Lipinski definition) is 1. The van der Waals surface area contributed by atoms with Crippen molar-refractivity contribution in [3.8, 4) is 11.5 Å². The van der Waals surface area contributed by atoms with E-state index in [1.165, 1.54) is 0 Å². The van der Waals surface area contributed by atoms with Gasteiger partial charge in [-0.3, -0.25) is 0 Å². The van der Waals surface area contributed by atoms with E-state index in [9.17, 15) is 4.79 Å². The molecule has 0 fully saturated rings. The summed E-state index contributed by atoms with van der Waals surface area (Å²) < 4.78 is 10.4. The first-order valence-corrected chi connectivity index (χ1v) is 4.41. The molecule has 0 aliphatic rings. The van der Waals surface area contributed by atoms with Gasteiger partial charge in [0.15, 0.2) is 10.4 Å². The normalized spacial score (nSPS) is 10.4. The molecule has 0 aliphatic carbocycles. The number of carboxylic acid groups (broad SMARTS) is 1. The van der Waals surface area contributed by atoms with E-state index >= 15 is 0 Å². The molecule has 5 nitrogen and oxygen atoms in total. The van der Waals surface area contributed by atoms with Crippen molar-refractivity contribution in [2.75, 3.05) is 0 Å². The molecule has 0 atom stereocenters. The Hall–Kier alpha value is -1.56. The van der Waals surface area contributed by atoms with Gasteiger partial charge in [0.2, 0.25) is 5.76 Å². The highest BCUT2D eigenvalue weighted by molar-refractivity contribution is 9.10. The van der Waals surface area contributed by atoms with Crippen LogP contribution >= 0.6 is 15.9 Å². The van der Waals surface area contributed by atoms with Gasteiger partial charge in [-0.2, -0.15) is 0 Å². The molecule has 0 unspecified atom stereocenters. The molecular weight excluding hydrogens is 254 g/mol. The fourth-order valence-electron chi connectivity index (χ4n) is 1.01. The first-order chi connectivity index (χ1) is 6.68. The Morgan fingerprint density at radius 2 is 2.29 bits per heavy atom. The second-order valence-corrected chi connectivity index (χ2v) is 3.26. The molecule has 0 amide bonds. The van der Waals surface area contributed by atoms with Gasteiger partial charge in [0.05, 0.1) is 6.20 Å². The van der Waals surface area contributed by atoms with Crippen molar-refractivity contribution in [2.24, 2.45) is 0 Å². The highest BCUT2D eigenvalue weighted by Gasteiger charge is 2.19. The number of rotatable bonds is 2. The standard InChI is InChI=1S/C8H4BrNO4/c9-6-2-1-5(13-6)7-4(8(11)12)3-10-14-7/h1-3H,(H,11,12). The third-order valence-corrected chi connectivity index (χ3v) is 2.02. The van der Waals surface area contributed by atoms with E-state index < -0.39 is 5.97 Å². The van der Waals surface area contributed by atoms with Gasteiger partial charge in [-0.1, -0.05) is 5.16 Å². The fraction of sp³-hybridized carbons (Fsp3) is 0. The van der Waals surface area contributed by atoms with E-state index in [0.29, 0.717) is 10.4 Å². The lowest BCUT2D eigenvalue weighted by atomic mass is 10.2.